The molecule has 0 saturated carbocycles. The Morgan fingerprint density at radius 2 is 1.45 bits per heavy atom. The first-order valence-corrected chi connectivity index (χ1v) is 16.4. The molecule has 0 saturated heterocycles. The molecule has 0 aliphatic heterocycles. The summed E-state index contributed by atoms with van der Waals surface area (Å²) in [5, 5.41) is 3.63. The van der Waals surface area contributed by atoms with Crippen molar-refractivity contribution in [3.63, 3.8) is 0 Å². The summed E-state index contributed by atoms with van der Waals surface area (Å²) in [6, 6.07) is 26.8. The molecule has 0 radical (unpaired) electrons. The van der Waals surface area contributed by atoms with E-state index in [1.54, 1.807) is 68.4 Å². The molecule has 0 aliphatic carbocycles. The standard InChI is InChI=1S/C34H35Cl2N3O4S/c1-4-37-34(41)32(21-26-11-6-5-7-12-26)38(22-27-13-8-9-14-30(27)36)33(40)23-39(31-16-10-15-29(35)25(31)3)44(42,43)28-19-17-24(2)18-20-28/h5-20,32H,4,21-23H2,1-3H3,(H,37,41). The normalized spacial score (nSPS) is 11.9. The maximum Gasteiger partial charge on any atom is 0.264 e. The van der Waals surface area contributed by atoms with E-state index in [1.165, 1.54) is 17.0 Å². The van der Waals surface area contributed by atoms with Crippen molar-refractivity contribution < 1.29 is 18.0 Å². The van der Waals surface area contributed by atoms with E-state index in [0.717, 1.165) is 15.4 Å². The molecule has 0 heterocycles. The van der Waals surface area contributed by atoms with E-state index in [2.05, 4.69) is 5.32 Å². The molecule has 4 aromatic rings. The first kappa shape index (κ1) is 33.1. The van der Waals surface area contributed by atoms with Crippen molar-refractivity contribution in [2.45, 2.75) is 44.7 Å². The number of halogens is 2. The smallest absolute Gasteiger partial charge is 0.264 e. The lowest BCUT2D eigenvalue weighted by Gasteiger charge is -2.34. The van der Waals surface area contributed by atoms with Gasteiger partial charge in [0.2, 0.25) is 11.8 Å². The summed E-state index contributed by atoms with van der Waals surface area (Å²) in [7, 11) is -4.23. The Morgan fingerprint density at radius 1 is 0.818 bits per heavy atom. The zero-order valence-electron chi connectivity index (χ0n) is 24.8. The van der Waals surface area contributed by atoms with Crippen LogP contribution in [0.1, 0.15) is 29.2 Å². The van der Waals surface area contributed by atoms with Crippen molar-refractivity contribution in [2.75, 3.05) is 17.4 Å². The van der Waals surface area contributed by atoms with E-state index in [9.17, 15) is 18.0 Å². The monoisotopic (exact) mass is 651 g/mol. The van der Waals surface area contributed by atoms with Crippen molar-refractivity contribution in [3.8, 4) is 0 Å². The number of rotatable bonds is 12. The molecule has 1 atom stereocenters. The first-order valence-electron chi connectivity index (χ1n) is 14.2. The molecule has 0 spiro atoms. The summed E-state index contributed by atoms with van der Waals surface area (Å²) < 4.78 is 29.4. The predicted molar refractivity (Wildman–Crippen MR) is 177 cm³/mol. The fraction of sp³-hybridized carbons (Fsp3) is 0.235. The minimum atomic E-state index is -4.23. The molecule has 0 aliphatic rings. The average molecular weight is 653 g/mol. The number of carbonyl (C=O) groups is 2. The maximum atomic E-state index is 14.5. The summed E-state index contributed by atoms with van der Waals surface area (Å²) >= 11 is 13.0. The summed E-state index contributed by atoms with van der Waals surface area (Å²) in [5.74, 6) is -0.934. The van der Waals surface area contributed by atoms with Gasteiger partial charge in [-0.1, -0.05) is 95.5 Å². The Bertz CT molecular complexity index is 1710. The number of likely N-dealkylation sites (N-methyl/N-ethyl adjacent to an activating group) is 1. The third-order valence-corrected chi connectivity index (χ3v) is 9.87. The van der Waals surface area contributed by atoms with E-state index in [4.69, 9.17) is 23.2 Å². The van der Waals surface area contributed by atoms with Gasteiger partial charge < -0.3 is 10.2 Å². The Balaban J connectivity index is 1.84. The third kappa shape index (κ3) is 7.80. The van der Waals surface area contributed by atoms with Crippen LogP contribution in [0.3, 0.4) is 0 Å². The fourth-order valence-corrected chi connectivity index (χ4v) is 6.71. The molecule has 10 heteroatoms. The number of nitrogens with one attached hydrogen (secondary N) is 1. The topological polar surface area (TPSA) is 86.8 Å². The van der Waals surface area contributed by atoms with Crippen LogP contribution in [0, 0.1) is 13.8 Å². The number of benzene rings is 4. The van der Waals surface area contributed by atoms with Gasteiger partial charge in [-0.05, 0) is 67.8 Å². The van der Waals surface area contributed by atoms with Gasteiger partial charge in [-0.3, -0.25) is 13.9 Å². The van der Waals surface area contributed by atoms with Crippen LogP contribution in [-0.4, -0.2) is 44.3 Å². The molecule has 4 aromatic carbocycles. The summed E-state index contributed by atoms with van der Waals surface area (Å²) in [6.45, 7) is 5.13. The second kappa shape index (κ2) is 14.8. The number of sulfonamides is 1. The Labute approximate surface area is 269 Å². The third-order valence-electron chi connectivity index (χ3n) is 7.32. The van der Waals surface area contributed by atoms with Crippen molar-refractivity contribution in [1.29, 1.82) is 0 Å². The number of hydrogen-bond acceptors (Lipinski definition) is 4. The molecule has 2 amide bonds. The van der Waals surface area contributed by atoms with Crippen LogP contribution in [0.25, 0.3) is 0 Å². The Hall–Kier alpha value is -3.85. The minimum absolute atomic E-state index is 0.0138. The van der Waals surface area contributed by atoms with Crippen LogP contribution in [-0.2, 0) is 32.6 Å². The second-order valence-electron chi connectivity index (χ2n) is 10.4. The SMILES string of the molecule is CCNC(=O)C(Cc1ccccc1)N(Cc1ccccc1Cl)C(=O)CN(c1cccc(Cl)c1C)S(=O)(=O)c1ccc(C)cc1. The maximum absolute atomic E-state index is 14.5. The minimum Gasteiger partial charge on any atom is -0.355 e. The summed E-state index contributed by atoms with van der Waals surface area (Å²) in [6.07, 6.45) is 0.212. The molecule has 4 rings (SSSR count). The van der Waals surface area contributed by atoms with Crippen LogP contribution in [0.5, 0.6) is 0 Å². The van der Waals surface area contributed by atoms with E-state index in [0.29, 0.717) is 27.7 Å². The van der Waals surface area contributed by atoms with Gasteiger partial charge in [0.15, 0.2) is 0 Å². The highest BCUT2D eigenvalue weighted by Crippen LogP contribution is 2.31. The molecule has 1 N–H and O–H groups in total. The zero-order valence-corrected chi connectivity index (χ0v) is 27.2. The van der Waals surface area contributed by atoms with Crippen molar-refractivity contribution in [2.24, 2.45) is 0 Å². The van der Waals surface area contributed by atoms with Crippen LogP contribution >= 0.6 is 23.2 Å². The molecule has 44 heavy (non-hydrogen) atoms. The van der Waals surface area contributed by atoms with Crippen LogP contribution in [0.4, 0.5) is 5.69 Å². The predicted octanol–water partition coefficient (Wildman–Crippen LogP) is 6.58. The first-order chi connectivity index (χ1) is 21.0. The van der Waals surface area contributed by atoms with Gasteiger partial charge in [-0.15, -0.1) is 0 Å². The summed E-state index contributed by atoms with van der Waals surface area (Å²) in [5.41, 5.74) is 3.12. The van der Waals surface area contributed by atoms with E-state index in [-0.39, 0.29) is 29.5 Å². The number of carbonyl (C=O) groups excluding carboxylic acids is 2. The van der Waals surface area contributed by atoms with Crippen molar-refractivity contribution >= 4 is 50.7 Å². The van der Waals surface area contributed by atoms with Crippen molar-refractivity contribution in [3.05, 3.63) is 129 Å². The Kier molecular flexibility index (Phi) is 11.1. The lowest BCUT2D eigenvalue weighted by atomic mass is 10.0. The Morgan fingerprint density at radius 3 is 2.11 bits per heavy atom. The van der Waals surface area contributed by atoms with Crippen LogP contribution < -0.4 is 9.62 Å². The van der Waals surface area contributed by atoms with Gasteiger partial charge >= 0.3 is 0 Å². The fourth-order valence-electron chi connectivity index (χ4n) is 4.87. The van der Waals surface area contributed by atoms with Gasteiger partial charge in [0, 0.05) is 29.6 Å². The number of anilines is 1. The van der Waals surface area contributed by atoms with Gasteiger partial charge in [0.1, 0.15) is 12.6 Å². The lowest BCUT2D eigenvalue weighted by molar-refractivity contribution is -0.140. The number of nitrogens with zero attached hydrogens (tertiary/aromatic N) is 2. The number of aryl methyl sites for hydroxylation is 1. The lowest BCUT2D eigenvalue weighted by Crippen LogP contribution is -2.53. The largest absolute Gasteiger partial charge is 0.355 e. The quantitative estimate of drug-likeness (QED) is 0.187. The molecule has 0 aromatic heterocycles. The molecular formula is C34H35Cl2N3O4S. The number of amides is 2. The van der Waals surface area contributed by atoms with E-state index >= 15 is 0 Å². The van der Waals surface area contributed by atoms with Crippen LogP contribution in [0.15, 0.2) is 102 Å². The molecule has 0 fully saturated rings. The van der Waals surface area contributed by atoms with Gasteiger partial charge in [0.25, 0.3) is 10.0 Å². The zero-order chi connectivity index (χ0) is 31.9. The molecule has 230 valence electrons. The second-order valence-corrected chi connectivity index (χ2v) is 13.1. The van der Waals surface area contributed by atoms with Crippen molar-refractivity contribution in [1.82, 2.24) is 10.2 Å². The van der Waals surface area contributed by atoms with Gasteiger partial charge in [0.05, 0.1) is 10.6 Å². The van der Waals surface area contributed by atoms with Gasteiger partial charge in [-0.2, -0.15) is 0 Å². The highest BCUT2D eigenvalue weighted by atomic mass is 35.5. The molecule has 7 nitrogen and oxygen atoms in total. The highest BCUT2D eigenvalue weighted by molar-refractivity contribution is 7.92. The van der Waals surface area contributed by atoms with Gasteiger partial charge in [-0.25, -0.2) is 8.42 Å². The number of hydrogen-bond donors (Lipinski definition) is 1. The average Bonchev–Trinajstić information content (AvgIpc) is 3.01. The molecule has 1 unspecified atom stereocenters. The van der Waals surface area contributed by atoms with E-state index in [1.807, 2.05) is 37.3 Å². The molecule has 0 bridgehead atoms. The highest BCUT2D eigenvalue weighted by Gasteiger charge is 2.35. The summed E-state index contributed by atoms with van der Waals surface area (Å²) in [4.78, 5) is 29.5. The molecular weight excluding hydrogens is 617 g/mol. The van der Waals surface area contributed by atoms with E-state index < -0.39 is 28.5 Å². The van der Waals surface area contributed by atoms with Crippen LogP contribution in [0.2, 0.25) is 10.0 Å².